The fourth-order valence-corrected chi connectivity index (χ4v) is 4.24. The standard InChI is InChI=1S/C20H28N4O2/c1-3-4-9-24-18-8-6-5-7-17(18)19(22-24)20(25)21-14-10-15-12-26-13-16(11-14)23(15)2/h5-8,14-16H,3-4,9-13H2,1-2H3,(H,21,25). The van der Waals surface area contributed by atoms with E-state index in [9.17, 15) is 4.79 Å². The maximum absolute atomic E-state index is 13.0. The van der Waals surface area contributed by atoms with Crippen LogP contribution in [0.3, 0.4) is 0 Å². The van der Waals surface area contributed by atoms with E-state index in [-0.39, 0.29) is 11.9 Å². The summed E-state index contributed by atoms with van der Waals surface area (Å²) < 4.78 is 7.65. The number of fused-ring (bicyclic) bond motifs is 3. The monoisotopic (exact) mass is 356 g/mol. The van der Waals surface area contributed by atoms with Crippen LogP contribution < -0.4 is 5.32 Å². The van der Waals surface area contributed by atoms with Gasteiger partial charge in [0.15, 0.2) is 5.69 Å². The molecule has 2 fully saturated rings. The summed E-state index contributed by atoms with van der Waals surface area (Å²) in [5.41, 5.74) is 1.59. The molecular formula is C20H28N4O2. The number of nitrogens with one attached hydrogen (secondary N) is 1. The van der Waals surface area contributed by atoms with Crippen LogP contribution in [0, 0.1) is 0 Å². The predicted octanol–water partition coefficient (Wildman–Crippen LogP) is 2.43. The lowest BCUT2D eigenvalue weighted by atomic mass is 9.90. The second kappa shape index (κ2) is 7.37. The molecule has 0 aliphatic carbocycles. The van der Waals surface area contributed by atoms with Gasteiger partial charge in [-0.2, -0.15) is 5.10 Å². The number of piperidine rings is 1. The lowest BCUT2D eigenvalue weighted by Gasteiger charge is -2.46. The Morgan fingerprint density at radius 1 is 1.27 bits per heavy atom. The summed E-state index contributed by atoms with van der Waals surface area (Å²) >= 11 is 0. The van der Waals surface area contributed by atoms with Crippen LogP contribution in [-0.4, -0.2) is 59.0 Å². The molecule has 1 aromatic carbocycles. The first-order chi connectivity index (χ1) is 12.7. The third kappa shape index (κ3) is 3.23. The highest BCUT2D eigenvalue weighted by molar-refractivity contribution is 6.05. The Balaban J connectivity index is 1.53. The first kappa shape index (κ1) is 17.5. The molecule has 3 heterocycles. The zero-order chi connectivity index (χ0) is 18.1. The minimum Gasteiger partial charge on any atom is -0.378 e. The number of unbranched alkanes of at least 4 members (excludes halogenated alkanes) is 1. The van der Waals surface area contributed by atoms with Crippen molar-refractivity contribution in [2.45, 2.75) is 57.3 Å². The minimum absolute atomic E-state index is 0.0509. The lowest BCUT2D eigenvalue weighted by Crippen LogP contribution is -2.59. The van der Waals surface area contributed by atoms with Crippen molar-refractivity contribution in [3.8, 4) is 0 Å². The number of aryl methyl sites for hydroxylation is 1. The third-order valence-electron chi connectivity index (χ3n) is 5.82. The van der Waals surface area contributed by atoms with Gasteiger partial charge < -0.3 is 10.1 Å². The van der Waals surface area contributed by atoms with E-state index in [0.717, 1.165) is 56.3 Å². The van der Waals surface area contributed by atoms with Gasteiger partial charge in [0.2, 0.25) is 0 Å². The highest BCUT2D eigenvalue weighted by Crippen LogP contribution is 2.27. The van der Waals surface area contributed by atoms with Crippen molar-refractivity contribution in [1.29, 1.82) is 0 Å². The second-order valence-electron chi connectivity index (χ2n) is 7.59. The molecule has 2 aliphatic heterocycles. The maximum atomic E-state index is 13.0. The van der Waals surface area contributed by atoms with Gasteiger partial charge in [-0.15, -0.1) is 0 Å². The number of morpholine rings is 1. The molecule has 0 saturated carbocycles. The Kier molecular flexibility index (Phi) is 4.96. The van der Waals surface area contributed by atoms with Gasteiger partial charge >= 0.3 is 0 Å². The first-order valence-electron chi connectivity index (χ1n) is 9.73. The Bertz CT molecular complexity index is 773. The molecule has 140 valence electrons. The third-order valence-corrected chi connectivity index (χ3v) is 5.82. The molecular weight excluding hydrogens is 328 g/mol. The van der Waals surface area contributed by atoms with Crippen molar-refractivity contribution in [2.75, 3.05) is 20.3 Å². The largest absolute Gasteiger partial charge is 0.378 e. The fourth-order valence-electron chi connectivity index (χ4n) is 4.24. The van der Waals surface area contributed by atoms with Crippen LogP contribution >= 0.6 is 0 Å². The Morgan fingerprint density at radius 2 is 2.00 bits per heavy atom. The molecule has 1 amide bonds. The normalized spacial score (nSPS) is 26.2. The summed E-state index contributed by atoms with van der Waals surface area (Å²) in [5, 5.41) is 8.84. The molecule has 2 aliphatic rings. The van der Waals surface area contributed by atoms with E-state index < -0.39 is 0 Å². The molecule has 2 aromatic rings. The van der Waals surface area contributed by atoms with Gasteiger partial charge in [-0.25, -0.2) is 0 Å². The summed E-state index contributed by atoms with van der Waals surface area (Å²) in [5.74, 6) is -0.0509. The van der Waals surface area contributed by atoms with Crippen LogP contribution in [0.1, 0.15) is 43.1 Å². The molecule has 26 heavy (non-hydrogen) atoms. The van der Waals surface area contributed by atoms with Gasteiger partial charge in [0.05, 0.1) is 18.7 Å². The molecule has 6 heteroatoms. The van der Waals surface area contributed by atoms with Crippen LogP contribution in [-0.2, 0) is 11.3 Å². The molecule has 2 atom stereocenters. The average molecular weight is 356 g/mol. The van der Waals surface area contributed by atoms with Crippen LogP contribution in [0.2, 0.25) is 0 Å². The molecule has 4 rings (SSSR count). The Hall–Kier alpha value is -1.92. The van der Waals surface area contributed by atoms with Crippen LogP contribution in [0.15, 0.2) is 24.3 Å². The van der Waals surface area contributed by atoms with Crippen molar-refractivity contribution in [3.05, 3.63) is 30.0 Å². The van der Waals surface area contributed by atoms with E-state index in [1.54, 1.807) is 0 Å². The number of hydrogen-bond donors (Lipinski definition) is 1. The second-order valence-corrected chi connectivity index (χ2v) is 7.59. The number of aromatic nitrogens is 2. The fraction of sp³-hybridized carbons (Fsp3) is 0.600. The molecule has 6 nitrogen and oxygen atoms in total. The number of amides is 1. The number of carbonyl (C=O) groups excluding carboxylic acids is 1. The van der Waals surface area contributed by atoms with Crippen LogP contribution in [0.4, 0.5) is 0 Å². The van der Waals surface area contributed by atoms with Crippen molar-refractivity contribution in [1.82, 2.24) is 20.0 Å². The molecule has 2 unspecified atom stereocenters. The summed E-state index contributed by atoms with van der Waals surface area (Å²) in [7, 11) is 2.17. The number of hydrogen-bond acceptors (Lipinski definition) is 4. The topological polar surface area (TPSA) is 59.4 Å². The Labute approximate surface area is 154 Å². The number of para-hydroxylation sites is 1. The molecule has 0 radical (unpaired) electrons. The zero-order valence-corrected chi connectivity index (χ0v) is 15.6. The van der Waals surface area contributed by atoms with Crippen LogP contribution in [0.25, 0.3) is 10.9 Å². The quantitative estimate of drug-likeness (QED) is 0.894. The van der Waals surface area contributed by atoms with Crippen LogP contribution in [0.5, 0.6) is 0 Å². The molecule has 1 N–H and O–H groups in total. The van der Waals surface area contributed by atoms with E-state index in [0.29, 0.717) is 17.8 Å². The lowest BCUT2D eigenvalue weighted by molar-refractivity contribution is -0.0670. The van der Waals surface area contributed by atoms with Gasteiger partial charge in [0, 0.05) is 30.1 Å². The average Bonchev–Trinajstić information content (AvgIpc) is 3.00. The van der Waals surface area contributed by atoms with Crippen molar-refractivity contribution < 1.29 is 9.53 Å². The maximum Gasteiger partial charge on any atom is 0.272 e. The number of benzene rings is 1. The highest BCUT2D eigenvalue weighted by Gasteiger charge is 2.37. The zero-order valence-electron chi connectivity index (χ0n) is 15.6. The number of ether oxygens (including phenoxy) is 1. The number of nitrogens with zero attached hydrogens (tertiary/aromatic N) is 3. The van der Waals surface area contributed by atoms with Gasteiger partial charge in [0.1, 0.15) is 0 Å². The number of likely N-dealkylation sites (N-methyl/N-ethyl adjacent to an activating group) is 1. The first-order valence-corrected chi connectivity index (χ1v) is 9.73. The van der Waals surface area contributed by atoms with Gasteiger partial charge in [-0.1, -0.05) is 31.5 Å². The molecule has 1 aromatic heterocycles. The van der Waals surface area contributed by atoms with Gasteiger partial charge in [0.25, 0.3) is 5.91 Å². The van der Waals surface area contributed by atoms with E-state index in [4.69, 9.17) is 4.74 Å². The highest BCUT2D eigenvalue weighted by atomic mass is 16.5. The van der Waals surface area contributed by atoms with Crippen molar-refractivity contribution >= 4 is 16.8 Å². The predicted molar refractivity (Wildman–Crippen MR) is 101 cm³/mol. The van der Waals surface area contributed by atoms with E-state index in [1.807, 2.05) is 28.9 Å². The molecule has 0 spiro atoms. The van der Waals surface area contributed by atoms with E-state index >= 15 is 0 Å². The van der Waals surface area contributed by atoms with Gasteiger partial charge in [-0.3, -0.25) is 14.4 Å². The van der Waals surface area contributed by atoms with Crippen molar-refractivity contribution in [3.63, 3.8) is 0 Å². The number of carbonyl (C=O) groups is 1. The van der Waals surface area contributed by atoms with Gasteiger partial charge in [-0.05, 0) is 32.4 Å². The summed E-state index contributed by atoms with van der Waals surface area (Å²) in [4.78, 5) is 15.4. The molecule has 2 saturated heterocycles. The SMILES string of the molecule is CCCCn1nc(C(=O)NC2CC3COCC(C2)N3C)c2ccccc21. The van der Waals surface area contributed by atoms with Crippen molar-refractivity contribution in [2.24, 2.45) is 0 Å². The summed E-state index contributed by atoms with van der Waals surface area (Å²) in [6, 6.07) is 9.01. The van der Waals surface area contributed by atoms with E-state index in [1.165, 1.54) is 0 Å². The summed E-state index contributed by atoms with van der Waals surface area (Å²) in [6.45, 7) is 4.53. The number of rotatable bonds is 5. The Morgan fingerprint density at radius 3 is 2.73 bits per heavy atom. The molecule has 2 bridgehead atoms. The minimum atomic E-state index is -0.0509. The van der Waals surface area contributed by atoms with E-state index in [2.05, 4.69) is 29.3 Å². The summed E-state index contributed by atoms with van der Waals surface area (Å²) in [6.07, 6.45) is 4.04. The smallest absolute Gasteiger partial charge is 0.272 e.